The Bertz CT molecular complexity index is 1640. The quantitative estimate of drug-likeness (QED) is 0.184. The zero-order chi connectivity index (χ0) is 38.7. The molecular weight excluding hydrogens is 685 g/mol. The van der Waals surface area contributed by atoms with Gasteiger partial charge < -0.3 is 15.3 Å². The molecule has 6 aliphatic rings. The standard InChI is InChI=1S/C47H68N4O4/c1-5-47(3,4)46(55)48-38-30-36(50(28-26-32-16-12-13-17-32)29-27-33-18-14-15-19-33)24-25-37(38)40-43(52)41(44(40)53)39-31(2)49-51(45(39)54)42(34-20-8-6-9-21-34)35-22-10-7-11-23-35/h24-25,30,32-35,42,52H,5-23,26-29H2,1-4H3,(H,48,55). The van der Waals surface area contributed by atoms with Crippen LogP contribution in [0, 0.1) is 29.1 Å². The molecular formula is C47H68N4O4. The number of hydrogen-bond acceptors (Lipinski definition) is 6. The predicted octanol–water partition coefficient (Wildman–Crippen LogP) is 10.9. The molecule has 300 valence electrons. The van der Waals surface area contributed by atoms with Gasteiger partial charge in [-0.3, -0.25) is 14.4 Å². The van der Waals surface area contributed by atoms with Crippen LogP contribution in [0.4, 0.5) is 11.4 Å². The third kappa shape index (κ3) is 8.49. The van der Waals surface area contributed by atoms with E-state index >= 15 is 0 Å². The van der Waals surface area contributed by atoms with Gasteiger partial charge in [0, 0.05) is 29.8 Å². The maximum Gasteiger partial charge on any atom is 0.277 e. The van der Waals surface area contributed by atoms with Gasteiger partial charge >= 0.3 is 0 Å². The SMILES string of the molecule is CCC(C)(C)C(=O)Nc1cc(N(CCC2CCCC2)CCC2CCCC2)ccc1C1=C(O)C(=C2C(=O)N(C(C3CCCCC3)C3CCCCC3)N=C2C)C1=O. The predicted molar refractivity (Wildman–Crippen MR) is 223 cm³/mol. The number of hydrogen-bond donors (Lipinski definition) is 2. The molecule has 0 atom stereocenters. The Balaban J connectivity index is 1.21. The number of rotatable bonds is 14. The normalized spacial score (nSPS) is 23.7. The van der Waals surface area contributed by atoms with E-state index in [0.717, 1.165) is 69.1 Å². The van der Waals surface area contributed by atoms with Crippen molar-refractivity contribution in [3.8, 4) is 0 Å². The van der Waals surface area contributed by atoms with Crippen LogP contribution >= 0.6 is 0 Å². The molecule has 2 N–H and O–H groups in total. The van der Waals surface area contributed by atoms with E-state index in [9.17, 15) is 19.5 Å². The molecule has 8 nitrogen and oxygen atoms in total. The third-order valence-electron chi connectivity index (χ3n) is 14.7. The van der Waals surface area contributed by atoms with E-state index in [2.05, 4.69) is 16.3 Å². The van der Waals surface area contributed by atoms with Crippen LogP contribution in [0.15, 0.2) is 40.2 Å². The summed E-state index contributed by atoms with van der Waals surface area (Å²) in [6, 6.07) is 6.02. The Morgan fingerprint density at radius 1 is 0.818 bits per heavy atom. The fourth-order valence-corrected chi connectivity index (χ4v) is 10.8. The van der Waals surface area contributed by atoms with E-state index in [1.165, 1.54) is 89.9 Å². The summed E-state index contributed by atoms with van der Waals surface area (Å²) in [7, 11) is 0. The van der Waals surface area contributed by atoms with Crippen LogP contribution in [-0.2, 0) is 14.4 Å². The summed E-state index contributed by atoms with van der Waals surface area (Å²) in [6.45, 7) is 9.61. The lowest BCUT2D eigenvalue weighted by Gasteiger charge is -2.41. The van der Waals surface area contributed by atoms with E-state index in [0.29, 0.717) is 35.2 Å². The summed E-state index contributed by atoms with van der Waals surface area (Å²) < 4.78 is 0. The number of carbonyl (C=O) groups excluding carboxylic acids is 3. The smallest absolute Gasteiger partial charge is 0.277 e. The molecule has 7 rings (SSSR count). The molecule has 5 aliphatic carbocycles. The second kappa shape index (κ2) is 17.4. The summed E-state index contributed by atoms with van der Waals surface area (Å²) in [5, 5.41) is 21.6. The summed E-state index contributed by atoms with van der Waals surface area (Å²) in [5.74, 6) is 1.44. The van der Waals surface area contributed by atoms with Gasteiger partial charge in [-0.1, -0.05) is 111 Å². The molecule has 4 saturated carbocycles. The lowest BCUT2D eigenvalue weighted by molar-refractivity contribution is -0.131. The highest BCUT2D eigenvalue weighted by Crippen LogP contribution is 2.46. The Kier molecular flexibility index (Phi) is 12.6. The monoisotopic (exact) mass is 753 g/mol. The maximum absolute atomic E-state index is 14.4. The van der Waals surface area contributed by atoms with Crippen molar-refractivity contribution in [1.82, 2.24) is 5.01 Å². The first kappa shape index (κ1) is 39.8. The molecule has 1 aliphatic heterocycles. The maximum atomic E-state index is 14.4. The molecule has 55 heavy (non-hydrogen) atoms. The number of Topliss-reactive ketones (excluding diaryl/α,β-unsaturated/α-hetero) is 1. The Morgan fingerprint density at radius 2 is 1.35 bits per heavy atom. The van der Waals surface area contributed by atoms with Gasteiger partial charge in [-0.2, -0.15) is 5.10 Å². The highest BCUT2D eigenvalue weighted by Gasteiger charge is 2.47. The van der Waals surface area contributed by atoms with Gasteiger partial charge in [0.1, 0.15) is 5.76 Å². The molecule has 1 heterocycles. The second-order valence-corrected chi connectivity index (χ2v) is 18.7. The molecule has 2 amide bonds. The van der Waals surface area contributed by atoms with Crippen molar-refractivity contribution in [3.63, 3.8) is 0 Å². The van der Waals surface area contributed by atoms with Gasteiger partial charge in [-0.15, -0.1) is 0 Å². The highest BCUT2D eigenvalue weighted by molar-refractivity contribution is 6.44. The Labute approximate surface area is 330 Å². The summed E-state index contributed by atoms with van der Waals surface area (Å²) in [4.78, 5) is 45.0. The van der Waals surface area contributed by atoms with E-state index < -0.39 is 5.41 Å². The van der Waals surface area contributed by atoms with Crippen LogP contribution < -0.4 is 10.2 Å². The molecule has 0 saturated heterocycles. The first-order valence-electron chi connectivity index (χ1n) is 22.4. The minimum absolute atomic E-state index is 0.0310. The largest absolute Gasteiger partial charge is 0.506 e. The number of anilines is 2. The first-order valence-corrected chi connectivity index (χ1v) is 22.4. The van der Waals surface area contributed by atoms with Gasteiger partial charge in [0.15, 0.2) is 0 Å². The van der Waals surface area contributed by atoms with Crippen molar-refractivity contribution in [1.29, 1.82) is 0 Å². The van der Waals surface area contributed by atoms with Crippen LogP contribution in [-0.4, -0.2) is 52.6 Å². The van der Waals surface area contributed by atoms with Gasteiger partial charge in [0.25, 0.3) is 5.91 Å². The van der Waals surface area contributed by atoms with Crippen LogP contribution in [0.1, 0.15) is 168 Å². The van der Waals surface area contributed by atoms with Crippen molar-refractivity contribution in [2.24, 2.45) is 34.2 Å². The third-order valence-corrected chi connectivity index (χ3v) is 14.7. The molecule has 4 fully saturated rings. The number of benzene rings is 1. The molecule has 1 aromatic carbocycles. The summed E-state index contributed by atoms with van der Waals surface area (Å²) >= 11 is 0. The van der Waals surface area contributed by atoms with Crippen molar-refractivity contribution in [3.05, 3.63) is 40.7 Å². The van der Waals surface area contributed by atoms with Crippen molar-refractivity contribution < 1.29 is 19.5 Å². The van der Waals surface area contributed by atoms with E-state index in [1.54, 1.807) is 11.9 Å². The van der Waals surface area contributed by atoms with Crippen molar-refractivity contribution in [2.75, 3.05) is 23.3 Å². The highest BCUT2D eigenvalue weighted by atomic mass is 16.3. The lowest BCUT2D eigenvalue weighted by atomic mass is 9.73. The van der Waals surface area contributed by atoms with Gasteiger partial charge in [0.05, 0.1) is 34.2 Å². The van der Waals surface area contributed by atoms with Crippen LogP contribution in [0.3, 0.4) is 0 Å². The molecule has 0 bridgehead atoms. The number of hydrazone groups is 1. The number of amides is 2. The zero-order valence-electron chi connectivity index (χ0n) is 34.4. The number of carbonyl (C=O) groups is 3. The number of aliphatic hydroxyl groups excluding tert-OH is 1. The molecule has 0 spiro atoms. The Morgan fingerprint density at radius 3 is 1.85 bits per heavy atom. The summed E-state index contributed by atoms with van der Waals surface area (Å²) in [5.41, 5.74) is 2.43. The van der Waals surface area contributed by atoms with E-state index in [1.807, 2.05) is 32.9 Å². The van der Waals surface area contributed by atoms with Crippen LogP contribution in [0.5, 0.6) is 0 Å². The molecule has 0 unspecified atom stereocenters. The average molecular weight is 753 g/mol. The van der Waals surface area contributed by atoms with Crippen LogP contribution in [0.25, 0.3) is 5.57 Å². The first-order chi connectivity index (χ1) is 26.6. The fraction of sp³-hybridized carbons (Fsp3) is 0.702. The lowest BCUT2D eigenvalue weighted by Crippen LogP contribution is -2.46. The minimum atomic E-state index is -0.619. The number of nitrogens with zero attached hydrogens (tertiary/aromatic N) is 3. The van der Waals surface area contributed by atoms with E-state index in [4.69, 9.17) is 5.10 Å². The number of ketones is 1. The van der Waals surface area contributed by atoms with Crippen LogP contribution in [0.2, 0.25) is 0 Å². The molecule has 1 aromatic rings. The van der Waals surface area contributed by atoms with E-state index in [-0.39, 0.29) is 46.1 Å². The zero-order valence-corrected chi connectivity index (χ0v) is 34.4. The average Bonchev–Trinajstić information content (AvgIpc) is 3.98. The van der Waals surface area contributed by atoms with Crippen molar-refractivity contribution in [2.45, 2.75) is 169 Å². The Hall–Kier alpha value is -3.42. The number of nitrogens with one attached hydrogen (secondary N) is 1. The second-order valence-electron chi connectivity index (χ2n) is 18.7. The van der Waals surface area contributed by atoms with Gasteiger partial charge in [0.2, 0.25) is 11.7 Å². The van der Waals surface area contributed by atoms with Gasteiger partial charge in [-0.05, 0) is 93.7 Å². The molecule has 0 aromatic heterocycles. The number of aliphatic hydroxyl groups is 1. The van der Waals surface area contributed by atoms with Gasteiger partial charge in [-0.25, -0.2) is 5.01 Å². The molecule has 0 radical (unpaired) electrons. The topological polar surface area (TPSA) is 102 Å². The van der Waals surface area contributed by atoms with Crippen molar-refractivity contribution >= 4 is 40.3 Å². The molecule has 8 heteroatoms. The fourth-order valence-electron chi connectivity index (χ4n) is 10.8. The minimum Gasteiger partial charge on any atom is -0.506 e. The summed E-state index contributed by atoms with van der Waals surface area (Å²) in [6.07, 6.45) is 25.2. The number of allylic oxidation sites excluding steroid dienone is 2.